The molecule has 0 amide bonds. The van der Waals surface area contributed by atoms with E-state index in [0.717, 1.165) is 18.1 Å². The lowest BCUT2D eigenvalue weighted by Gasteiger charge is -2.08. The molecule has 0 aliphatic carbocycles. The van der Waals surface area contributed by atoms with Crippen molar-refractivity contribution in [2.75, 3.05) is 27.5 Å². The predicted molar refractivity (Wildman–Crippen MR) is 82.2 cm³/mol. The minimum absolute atomic E-state index is 0.375. The van der Waals surface area contributed by atoms with Crippen molar-refractivity contribution in [1.82, 2.24) is 14.6 Å². The molecule has 1 aromatic heterocycles. The van der Waals surface area contributed by atoms with Crippen LogP contribution in [0.15, 0.2) is 24.3 Å². The fourth-order valence-electron chi connectivity index (χ4n) is 1.55. The zero-order chi connectivity index (χ0) is 25.9. The number of benzene rings is 1. The Labute approximate surface area is 138 Å². The molecule has 0 aliphatic rings. The second-order valence-corrected chi connectivity index (χ2v) is 5.73. The highest BCUT2D eigenvalue weighted by atomic mass is 32.2. The number of nitrogens with one attached hydrogen (secondary N) is 2. The molecule has 20 heavy (non-hydrogen) atoms. The summed E-state index contributed by atoms with van der Waals surface area (Å²) in [5.74, 6) is -1.30. The molecule has 0 aliphatic heterocycles. The maximum absolute atomic E-state index is 12.4. The van der Waals surface area contributed by atoms with E-state index in [4.69, 9.17) is 17.9 Å². The Morgan fingerprint density at radius 3 is 3.25 bits per heavy atom. The smallest absolute Gasteiger partial charge is 0.215 e. The molecule has 6 heteroatoms. The molecule has 0 bridgehead atoms. The first-order valence-corrected chi connectivity index (χ1v) is 7.10. The van der Waals surface area contributed by atoms with Crippen molar-refractivity contribution < 1.29 is 26.3 Å². The molecule has 2 N–H and O–H groups in total. The number of aromatic nitrogens is 1. The molecule has 2 aromatic rings. The Kier molecular flexibility index (Phi) is 1.62. The van der Waals surface area contributed by atoms with Crippen molar-refractivity contribution in [2.24, 2.45) is 0 Å². The van der Waals surface area contributed by atoms with Crippen LogP contribution in [0.2, 0.25) is 2.82 Å². The average Bonchev–Trinajstić information content (AvgIpc) is 2.99. The second kappa shape index (κ2) is 5.95. The lowest BCUT2D eigenvalue weighted by molar-refractivity contribution is 0.414. The Morgan fingerprint density at radius 2 is 2.50 bits per heavy atom. The molecule has 0 saturated heterocycles. The van der Waals surface area contributed by atoms with Gasteiger partial charge in [0.25, 0.3) is 0 Å². The molecule has 0 atom stereocenters. The first kappa shape index (κ1) is 5.44. The highest BCUT2D eigenvalue weighted by Gasteiger charge is 2.11. The number of likely N-dealkylation sites (N-methyl/N-ethyl adjacent to an activating group) is 1. The summed E-state index contributed by atoms with van der Waals surface area (Å²) in [6.45, 7) is -6.72. The maximum Gasteiger partial charge on any atom is 0.215 e. The van der Waals surface area contributed by atoms with Gasteiger partial charge in [0.2, 0.25) is 10.0 Å². The van der Waals surface area contributed by atoms with Crippen LogP contribution in [0.25, 0.3) is 10.9 Å². The summed E-state index contributed by atoms with van der Waals surface area (Å²) in [6, 6.07) is -2.25. The van der Waals surface area contributed by atoms with E-state index in [1.54, 1.807) is 0 Å². The molecule has 110 valence electrons. The summed E-state index contributed by atoms with van der Waals surface area (Å²) in [6.07, 6.45) is -1.57. The highest BCUT2D eigenvalue weighted by molar-refractivity contribution is 7.88. The van der Waals surface area contributed by atoms with Crippen LogP contribution in [-0.4, -0.2) is 45.8 Å². The van der Waals surface area contributed by atoms with Gasteiger partial charge in [-0.05, 0) is 50.6 Å². The van der Waals surface area contributed by atoms with Crippen LogP contribution >= 0.6 is 0 Å². The standard InChI is InChI=1S/C14H21N3O2S/c1-15-20(18,19)10-11-4-5-14-13(8-11)12(9-16-14)6-7-17(2)3/h4-5,8-9,15-16H,6-7,10H2,1-3H3/i1D3,2D3,4D,5D,6D2,8D/hD2. The van der Waals surface area contributed by atoms with Crippen LogP contribution in [-0.2, 0) is 22.1 Å². The van der Waals surface area contributed by atoms with Crippen LogP contribution in [0, 0.1) is 0 Å². The molecule has 0 radical (unpaired) electrons. The first-order chi connectivity index (χ1) is 14.6. The van der Waals surface area contributed by atoms with Crippen molar-refractivity contribution >= 4 is 20.9 Å². The summed E-state index contributed by atoms with van der Waals surface area (Å²) in [7, 11) is -3.76. The van der Waals surface area contributed by atoms with Gasteiger partial charge < -0.3 is 9.88 Å². The maximum atomic E-state index is 12.4. The fourth-order valence-corrected chi connectivity index (χ4v) is 2.12. The summed E-state index contributed by atoms with van der Waals surface area (Å²) in [5, 5.41) is -0.384. The van der Waals surface area contributed by atoms with Crippen LogP contribution in [0.3, 0.4) is 0 Å². The first-order valence-electron chi connectivity index (χ1n) is 11.9. The van der Waals surface area contributed by atoms with Gasteiger partial charge in [0.15, 0.2) is 1.41 Å². The number of sulfonamides is 1. The highest BCUT2D eigenvalue weighted by Crippen LogP contribution is 2.21. The molecule has 0 saturated carbocycles. The molecule has 1 aromatic carbocycles. The zero-order valence-corrected chi connectivity index (χ0v) is 11.4. The van der Waals surface area contributed by atoms with E-state index in [0.29, 0.717) is 4.98 Å². The minimum atomic E-state index is -4.90. The van der Waals surface area contributed by atoms with E-state index in [2.05, 4.69) is 0 Å². The number of H-pyrrole nitrogens is 1. The molecule has 0 spiro atoms. The van der Waals surface area contributed by atoms with Gasteiger partial charge in [-0.2, -0.15) is 0 Å². The Balaban J connectivity index is 2.76. The number of aromatic amines is 1. The van der Waals surface area contributed by atoms with Gasteiger partial charge in [-0.1, -0.05) is 6.04 Å². The van der Waals surface area contributed by atoms with Crippen LogP contribution in [0.5, 0.6) is 0 Å². The fraction of sp³-hybridized carbons (Fsp3) is 0.429. The second-order valence-electron chi connectivity index (χ2n) is 4.10. The lowest BCUT2D eigenvalue weighted by atomic mass is 10.1. The molecular weight excluding hydrogens is 274 g/mol. The number of hydrogen-bond acceptors (Lipinski definition) is 3. The van der Waals surface area contributed by atoms with Crippen molar-refractivity contribution in [3.8, 4) is 0 Å². The summed E-state index contributed by atoms with van der Waals surface area (Å²) >= 11 is 0. The van der Waals surface area contributed by atoms with Crippen molar-refractivity contribution in [3.63, 3.8) is 0 Å². The van der Waals surface area contributed by atoms with E-state index >= 15 is 0 Å². The SMILES string of the molecule is [2H]c1c(CS(=O)(=O)N([2H])C([2H])([2H])[2H])c([2H])c2c(C([2H])([2H])CN(C)C([2H])([2H])[2H])cn([2H])c2c1[2H]. The molecule has 2 rings (SSSR count). The Bertz CT molecular complexity index is 1170. The number of rotatable bonds is 6. The summed E-state index contributed by atoms with van der Waals surface area (Å²) in [4.78, 5) is 1.26. The number of hydrogen-bond donors (Lipinski definition) is 2. The van der Waals surface area contributed by atoms with E-state index in [9.17, 15) is 8.42 Å². The zero-order valence-electron chi connectivity index (χ0n) is 23.6. The van der Waals surface area contributed by atoms with E-state index in [1.165, 1.54) is 0 Å². The molecule has 0 unspecified atom stereocenters. The van der Waals surface area contributed by atoms with Crippen molar-refractivity contribution in [2.45, 2.75) is 12.1 Å². The third-order valence-electron chi connectivity index (χ3n) is 2.41. The van der Waals surface area contributed by atoms with E-state index in [1.807, 2.05) is 0 Å². The number of fused-ring (bicyclic) bond motifs is 1. The molecule has 1 heterocycles. The number of nitrogens with zero attached hydrogens (tertiary/aromatic N) is 1. The molecule has 0 fully saturated rings. The third-order valence-corrected chi connectivity index (χ3v) is 3.34. The lowest BCUT2D eigenvalue weighted by Crippen LogP contribution is -2.20. The van der Waals surface area contributed by atoms with Crippen molar-refractivity contribution in [1.29, 1.82) is 0 Å². The van der Waals surface area contributed by atoms with Gasteiger partial charge >= 0.3 is 0 Å². The topological polar surface area (TPSA) is 65.2 Å². The summed E-state index contributed by atoms with van der Waals surface area (Å²) < 4.78 is 124. The van der Waals surface area contributed by atoms with E-state index < -0.39 is 71.1 Å². The van der Waals surface area contributed by atoms with Gasteiger partial charge in [0.1, 0.15) is 1.41 Å². The Morgan fingerprint density at radius 1 is 1.65 bits per heavy atom. The van der Waals surface area contributed by atoms with Crippen LogP contribution < -0.4 is 4.72 Å². The van der Waals surface area contributed by atoms with Crippen LogP contribution in [0.4, 0.5) is 0 Å². The predicted octanol–water partition coefficient (Wildman–Crippen LogP) is 1.32. The van der Waals surface area contributed by atoms with Crippen molar-refractivity contribution in [3.05, 3.63) is 35.5 Å². The average molecular weight is 308 g/mol. The minimum Gasteiger partial charge on any atom is -0.361 e. The van der Waals surface area contributed by atoms with Gasteiger partial charge in [-0.3, -0.25) is 0 Å². The quantitative estimate of drug-likeness (QED) is 0.846. The monoisotopic (exact) mass is 308 g/mol. The van der Waals surface area contributed by atoms with E-state index in [-0.39, 0.29) is 16.5 Å². The van der Waals surface area contributed by atoms with Crippen LogP contribution in [0.1, 0.15) is 26.2 Å². The Hall–Kier alpha value is -1.37. The molecular formula is C14H21N3O2S. The third kappa shape index (κ3) is 3.59. The van der Waals surface area contributed by atoms with Gasteiger partial charge in [0, 0.05) is 34.6 Å². The molecule has 5 nitrogen and oxygen atoms in total. The van der Waals surface area contributed by atoms with Gasteiger partial charge in [-0.25, -0.2) is 13.1 Å². The van der Waals surface area contributed by atoms with Gasteiger partial charge in [0.05, 0.1) is 9.87 Å². The largest absolute Gasteiger partial charge is 0.361 e. The van der Waals surface area contributed by atoms with Gasteiger partial charge in [-0.15, -0.1) is 0 Å². The normalized spacial score (nSPS) is 24.1. The summed E-state index contributed by atoms with van der Waals surface area (Å²) in [5.41, 5.74) is -1.40.